The Balaban J connectivity index is 1.32. The maximum Gasteiger partial charge on any atom is 0.419 e. The highest BCUT2D eigenvalue weighted by Gasteiger charge is 2.57. The van der Waals surface area contributed by atoms with Crippen LogP contribution in [0.25, 0.3) is 0 Å². The van der Waals surface area contributed by atoms with Gasteiger partial charge in [-0.1, -0.05) is 32.1 Å². The predicted octanol–water partition coefficient (Wildman–Crippen LogP) is 3.51. The number of carbonyl (C=O) groups excluding carboxylic acids is 1. The molecule has 2 aromatic rings. The van der Waals surface area contributed by atoms with Crippen molar-refractivity contribution in [3.63, 3.8) is 0 Å². The van der Waals surface area contributed by atoms with Gasteiger partial charge in [0.05, 0.1) is 5.56 Å². The minimum Gasteiger partial charge on any atom is -0.355 e. The minimum atomic E-state index is -4.44. The lowest BCUT2D eigenvalue weighted by molar-refractivity contribution is -0.137. The van der Waals surface area contributed by atoms with Gasteiger partial charge >= 0.3 is 12.2 Å². The number of carbonyl (C=O) groups is 1. The Morgan fingerprint density at radius 1 is 1.21 bits per heavy atom. The third-order valence-corrected chi connectivity index (χ3v) is 6.43. The number of piperidine rings is 1. The van der Waals surface area contributed by atoms with Crippen LogP contribution in [0.2, 0.25) is 0 Å². The second kappa shape index (κ2) is 6.82. The number of nitrogens with zero attached hydrogens (tertiary/aromatic N) is 4. The molecule has 2 atom stereocenters. The maximum absolute atomic E-state index is 13.2. The monoisotopic (exact) mass is 426 g/mol. The number of rotatable bonds is 3. The number of urea groups is 1. The molecule has 3 heterocycles. The molecule has 2 aliphatic rings. The number of halogens is 3. The van der Waals surface area contributed by atoms with Crippen molar-refractivity contribution in [2.45, 2.75) is 38.4 Å². The molecule has 1 aliphatic heterocycles. The minimum absolute atomic E-state index is 0.0426. The Hall–Kier alpha value is -2.43. The number of alkyl halides is 3. The van der Waals surface area contributed by atoms with E-state index in [1.165, 1.54) is 23.6 Å². The van der Waals surface area contributed by atoms with Crippen molar-refractivity contribution in [2.24, 2.45) is 11.8 Å². The zero-order valence-corrected chi connectivity index (χ0v) is 16.9. The molecule has 0 radical (unpaired) electrons. The molecule has 1 saturated carbocycles. The normalized spacial score (nSPS) is 23.7. The summed E-state index contributed by atoms with van der Waals surface area (Å²) in [5.74, 6) is 0.186. The van der Waals surface area contributed by atoms with Gasteiger partial charge in [0.25, 0.3) is 0 Å². The van der Waals surface area contributed by atoms with E-state index in [2.05, 4.69) is 25.8 Å². The van der Waals surface area contributed by atoms with Crippen LogP contribution in [0.5, 0.6) is 0 Å². The van der Waals surface area contributed by atoms with E-state index in [1.54, 1.807) is 4.90 Å². The Morgan fingerprint density at radius 2 is 1.90 bits per heavy atom. The molecule has 11 heteroatoms. The molecule has 0 bridgehead atoms. The van der Waals surface area contributed by atoms with E-state index in [-0.39, 0.29) is 35.1 Å². The summed E-state index contributed by atoms with van der Waals surface area (Å²) in [5.41, 5.74) is -0.874. The molecule has 4 rings (SSSR count). The van der Waals surface area contributed by atoms with E-state index < -0.39 is 11.7 Å². The third-order valence-electron chi connectivity index (χ3n) is 5.17. The van der Waals surface area contributed by atoms with Crippen molar-refractivity contribution in [3.05, 3.63) is 28.9 Å². The number of fused-ring (bicyclic) bond motifs is 1. The van der Waals surface area contributed by atoms with Crippen LogP contribution < -0.4 is 15.5 Å². The van der Waals surface area contributed by atoms with Crippen molar-refractivity contribution in [3.8, 4) is 0 Å². The molecule has 1 aliphatic carbocycles. The van der Waals surface area contributed by atoms with Crippen LogP contribution in [0.15, 0.2) is 18.3 Å². The Morgan fingerprint density at radius 3 is 2.48 bits per heavy atom. The van der Waals surface area contributed by atoms with Crippen molar-refractivity contribution in [2.75, 3.05) is 23.3 Å². The zero-order valence-electron chi connectivity index (χ0n) is 16.1. The number of hydrogen-bond donors (Lipinski definition) is 2. The fraction of sp³-hybridized carbons (Fsp3) is 0.556. The molecule has 2 N–H and O–H groups in total. The van der Waals surface area contributed by atoms with Gasteiger partial charge in [0.1, 0.15) is 10.8 Å². The quantitative estimate of drug-likeness (QED) is 0.785. The highest BCUT2D eigenvalue weighted by Crippen LogP contribution is 2.48. The number of hydrogen-bond acceptors (Lipinski definition) is 6. The molecule has 2 unspecified atom stereocenters. The van der Waals surface area contributed by atoms with Crippen molar-refractivity contribution >= 4 is 28.3 Å². The summed E-state index contributed by atoms with van der Waals surface area (Å²) in [4.78, 5) is 17.8. The first kappa shape index (κ1) is 19.9. The lowest BCUT2D eigenvalue weighted by atomic mass is 9.98. The van der Waals surface area contributed by atoms with Crippen LogP contribution in [-0.2, 0) is 11.6 Å². The molecule has 156 valence electrons. The molecule has 2 aromatic heterocycles. The van der Waals surface area contributed by atoms with Crippen LogP contribution in [0.1, 0.15) is 31.3 Å². The molecular formula is C18H21F3N6OS. The Labute approximate surface area is 169 Å². The fourth-order valence-electron chi connectivity index (χ4n) is 3.65. The number of aromatic nitrogens is 3. The third kappa shape index (κ3) is 4.00. The second-order valence-electron chi connectivity index (χ2n) is 8.39. The van der Waals surface area contributed by atoms with Gasteiger partial charge in [0.15, 0.2) is 0 Å². The fourth-order valence-corrected chi connectivity index (χ4v) is 4.44. The van der Waals surface area contributed by atoms with E-state index in [0.717, 1.165) is 11.1 Å². The van der Waals surface area contributed by atoms with E-state index in [4.69, 9.17) is 0 Å². The number of nitrogens with one attached hydrogen (secondary N) is 2. The van der Waals surface area contributed by atoms with E-state index in [1.807, 2.05) is 20.8 Å². The molecule has 0 aromatic carbocycles. The summed E-state index contributed by atoms with van der Waals surface area (Å²) in [6.07, 6.45) is -3.08. The summed E-state index contributed by atoms with van der Waals surface area (Å²) in [5, 5.41) is 14.9. The van der Waals surface area contributed by atoms with Gasteiger partial charge in [0, 0.05) is 42.6 Å². The maximum atomic E-state index is 13.2. The SMILES string of the molecule is CC(C)(C)c1nnc(NC(=O)NC2C3CN(c4ncccc4C(F)(F)F)CC32)s1. The van der Waals surface area contributed by atoms with Gasteiger partial charge in [-0.25, -0.2) is 9.78 Å². The topological polar surface area (TPSA) is 83.0 Å². The zero-order chi connectivity index (χ0) is 21.0. The summed E-state index contributed by atoms with van der Waals surface area (Å²) in [6.45, 7) is 6.91. The van der Waals surface area contributed by atoms with Gasteiger partial charge < -0.3 is 10.2 Å². The molecule has 2 amide bonds. The largest absolute Gasteiger partial charge is 0.419 e. The van der Waals surface area contributed by atoms with Gasteiger partial charge in [-0.15, -0.1) is 10.2 Å². The van der Waals surface area contributed by atoms with Crippen molar-refractivity contribution < 1.29 is 18.0 Å². The summed E-state index contributed by atoms with van der Waals surface area (Å²) < 4.78 is 39.6. The average Bonchev–Trinajstić information content (AvgIpc) is 3.03. The van der Waals surface area contributed by atoms with E-state index in [0.29, 0.717) is 18.2 Å². The van der Waals surface area contributed by atoms with E-state index >= 15 is 0 Å². The number of anilines is 2. The van der Waals surface area contributed by atoms with Crippen LogP contribution in [0.4, 0.5) is 28.9 Å². The number of pyridine rings is 1. The van der Waals surface area contributed by atoms with Crippen molar-refractivity contribution in [1.82, 2.24) is 20.5 Å². The Kier molecular flexibility index (Phi) is 4.67. The summed E-state index contributed by atoms with van der Waals surface area (Å²) >= 11 is 1.32. The lowest BCUT2D eigenvalue weighted by Crippen LogP contribution is -2.37. The first-order valence-electron chi connectivity index (χ1n) is 9.22. The van der Waals surface area contributed by atoms with Crippen LogP contribution >= 0.6 is 11.3 Å². The molecule has 29 heavy (non-hydrogen) atoms. The smallest absolute Gasteiger partial charge is 0.355 e. The van der Waals surface area contributed by atoms with Crippen LogP contribution in [0, 0.1) is 11.8 Å². The van der Waals surface area contributed by atoms with Gasteiger partial charge in [-0.05, 0) is 12.1 Å². The molecule has 0 spiro atoms. The lowest BCUT2D eigenvalue weighted by Gasteiger charge is -2.24. The van der Waals surface area contributed by atoms with E-state index in [9.17, 15) is 18.0 Å². The summed E-state index contributed by atoms with van der Waals surface area (Å²) in [7, 11) is 0. The standard InChI is InChI=1S/C18H21F3N6OS/c1-17(2,3)14-25-26-16(29-14)24-15(28)23-12-9-7-27(8-10(9)12)13-11(18(19,20)21)5-4-6-22-13/h4-6,9-10,12H,7-8H2,1-3H3,(H2,23,24,26,28). The second-order valence-corrected chi connectivity index (χ2v) is 9.37. The molecular weight excluding hydrogens is 405 g/mol. The van der Waals surface area contributed by atoms with Crippen LogP contribution in [0.3, 0.4) is 0 Å². The molecule has 2 fully saturated rings. The number of amides is 2. The predicted molar refractivity (Wildman–Crippen MR) is 103 cm³/mol. The highest BCUT2D eigenvalue weighted by atomic mass is 32.1. The van der Waals surface area contributed by atoms with Gasteiger partial charge in [-0.2, -0.15) is 13.2 Å². The first-order chi connectivity index (χ1) is 13.5. The van der Waals surface area contributed by atoms with Gasteiger partial charge in [-0.3, -0.25) is 5.32 Å². The van der Waals surface area contributed by atoms with Crippen LogP contribution in [-0.4, -0.2) is 40.3 Å². The summed E-state index contributed by atoms with van der Waals surface area (Å²) in [6, 6.07) is 1.90. The first-order valence-corrected chi connectivity index (χ1v) is 10.0. The van der Waals surface area contributed by atoms with Crippen molar-refractivity contribution in [1.29, 1.82) is 0 Å². The Bertz CT molecular complexity index is 913. The highest BCUT2D eigenvalue weighted by molar-refractivity contribution is 7.15. The van der Waals surface area contributed by atoms with Gasteiger partial charge in [0.2, 0.25) is 5.13 Å². The average molecular weight is 426 g/mol. The molecule has 1 saturated heterocycles. The molecule has 7 nitrogen and oxygen atoms in total.